The summed E-state index contributed by atoms with van der Waals surface area (Å²) in [6.45, 7) is 13.9. The van der Waals surface area contributed by atoms with Gasteiger partial charge >= 0.3 is 0 Å². The van der Waals surface area contributed by atoms with E-state index < -0.39 is 0 Å². The number of likely N-dealkylation sites (N-methyl/N-ethyl adjacent to an activating group) is 1. The second-order valence-corrected chi connectivity index (χ2v) is 9.08. The molecule has 1 heterocycles. The first-order valence-corrected chi connectivity index (χ1v) is 10.4. The normalized spacial score (nSPS) is 31.3. The molecule has 0 spiro atoms. The van der Waals surface area contributed by atoms with Crippen molar-refractivity contribution in [2.24, 2.45) is 23.2 Å². The Bertz CT molecular complexity index is 302. The van der Waals surface area contributed by atoms with Crippen LogP contribution in [0.3, 0.4) is 0 Å². The summed E-state index contributed by atoms with van der Waals surface area (Å²) in [5.41, 5.74) is 0.500. The van der Waals surface area contributed by atoms with Crippen molar-refractivity contribution in [1.29, 1.82) is 0 Å². The summed E-state index contributed by atoms with van der Waals surface area (Å²) in [6, 6.07) is 0. The van der Waals surface area contributed by atoms with Gasteiger partial charge in [-0.3, -0.25) is 0 Å². The van der Waals surface area contributed by atoms with Gasteiger partial charge in [-0.2, -0.15) is 0 Å². The quantitative estimate of drug-likeness (QED) is 0.500. The average molecular weight is 406 g/mol. The molecule has 0 aromatic carbocycles. The van der Waals surface area contributed by atoms with Crippen molar-refractivity contribution in [3.8, 4) is 0 Å². The molecule has 1 saturated heterocycles. The topological polar surface area (TPSA) is 6.48 Å². The van der Waals surface area contributed by atoms with Crippen LogP contribution in [0.4, 0.5) is 0 Å². The molecule has 0 radical (unpaired) electrons. The molecule has 21 heavy (non-hydrogen) atoms. The van der Waals surface area contributed by atoms with Gasteiger partial charge < -0.3 is 9.80 Å². The zero-order valence-electron chi connectivity index (χ0n) is 14.6. The van der Waals surface area contributed by atoms with Crippen molar-refractivity contribution in [1.82, 2.24) is 9.80 Å². The lowest BCUT2D eigenvalue weighted by Crippen LogP contribution is -2.48. The van der Waals surface area contributed by atoms with Crippen molar-refractivity contribution in [2.45, 2.75) is 46.5 Å². The predicted molar refractivity (Wildman–Crippen MR) is 101 cm³/mol. The van der Waals surface area contributed by atoms with E-state index in [1.807, 2.05) is 0 Å². The molecule has 124 valence electrons. The SMILES string of the molecule is CC(CN1CCN(C)CC1)C(C)(C)C1CCC(CI)CC1. The summed E-state index contributed by atoms with van der Waals surface area (Å²) in [6.07, 6.45) is 5.87. The summed E-state index contributed by atoms with van der Waals surface area (Å²) in [4.78, 5) is 5.15. The molecular formula is C18H35IN2. The molecule has 1 unspecified atom stereocenters. The molecule has 0 bridgehead atoms. The molecule has 0 N–H and O–H groups in total. The standard InChI is InChI=1S/C18H35IN2/c1-15(14-21-11-9-20(4)10-12-21)18(2,3)17-7-5-16(13-19)6-8-17/h15-17H,5-14H2,1-4H3. The summed E-state index contributed by atoms with van der Waals surface area (Å²) in [7, 11) is 2.25. The fourth-order valence-electron chi connectivity index (χ4n) is 4.12. The van der Waals surface area contributed by atoms with Crippen LogP contribution >= 0.6 is 22.6 Å². The van der Waals surface area contributed by atoms with E-state index in [4.69, 9.17) is 0 Å². The van der Waals surface area contributed by atoms with E-state index >= 15 is 0 Å². The van der Waals surface area contributed by atoms with Crippen LogP contribution in [0, 0.1) is 23.2 Å². The molecular weight excluding hydrogens is 371 g/mol. The zero-order valence-corrected chi connectivity index (χ0v) is 16.7. The van der Waals surface area contributed by atoms with E-state index in [2.05, 4.69) is 60.2 Å². The highest BCUT2D eigenvalue weighted by Crippen LogP contribution is 2.45. The van der Waals surface area contributed by atoms with Gasteiger partial charge in [0.1, 0.15) is 0 Å². The number of hydrogen-bond donors (Lipinski definition) is 0. The van der Waals surface area contributed by atoms with Crippen molar-refractivity contribution < 1.29 is 0 Å². The Labute approximate surface area is 146 Å². The number of rotatable bonds is 5. The molecule has 2 fully saturated rings. The Morgan fingerprint density at radius 3 is 2.14 bits per heavy atom. The third-order valence-corrected chi connectivity index (χ3v) is 7.76. The Morgan fingerprint density at radius 1 is 1.05 bits per heavy atom. The van der Waals surface area contributed by atoms with Crippen LogP contribution in [0.2, 0.25) is 0 Å². The monoisotopic (exact) mass is 406 g/mol. The zero-order chi connectivity index (χ0) is 15.5. The van der Waals surface area contributed by atoms with Crippen LogP contribution in [0.25, 0.3) is 0 Å². The summed E-state index contributed by atoms with van der Waals surface area (Å²) >= 11 is 2.58. The molecule has 1 aliphatic carbocycles. The highest BCUT2D eigenvalue weighted by atomic mass is 127. The van der Waals surface area contributed by atoms with Gasteiger partial charge in [-0.15, -0.1) is 0 Å². The van der Waals surface area contributed by atoms with E-state index in [9.17, 15) is 0 Å². The van der Waals surface area contributed by atoms with E-state index in [-0.39, 0.29) is 0 Å². The molecule has 1 saturated carbocycles. The molecule has 0 aromatic heterocycles. The van der Waals surface area contributed by atoms with Gasteiger partial charge in [-0.25, -0.2) is 0 Å². The number of alkyl halides is 1. The van der Waals surface area contributed by atoms with Gasteiger partial charge in [-0.05, 0) is 55.9 Å². The van der Waals surface area contributed by atoms with Crippen LogP contribution in [0.5, 0.6) is 0 Å². The van der Waals surface area contributed by atoms with Gasteiger partial charge in [0.05, 0.1) is 0 Å². The average Bonchev–Trinajstić information content (AvgIpc) is 2.49. The van der Waals surface area contributed by atoms with Crippen molar-refractivity contribution in [3.63, 3.8) is 0 Å². The Hall–Kier alpha value is 0.650. The fourth-order valence-corrected chi connectivity index (χ4v) is 5.00. The minimum absolute atomic E-state index is 0.500. The highest BCUT2D eigenvalue weighted by Gasteiger charge is 2.37. The lowest BCUT2D eigenvalue weighted by Gasteiger charge is -2.45. The molecule has 0 aromatic rings. The van der Waals surface area contributed by atoms with Crippen LogP contribution in [0.15, 0.2) is 0 Å². The minimum atomic E-state index is 0.500. The number of halogens is 1. The highest BCUT2D eigenvalue weighted by molar-refractivity contribution is 14.1. The van der Waals surface area contributed by atoms with Crippen molar-refractivity contribution in [2.75, 3.05) is 44.2 Å². The Balaban J connectivity index is 1.83. The van der Waals surface area contributed by atoms with Gasteiger partial charge in [0.25, 0.3) is 0 Å². The van der Waals surface area contributed by atoms with Crippen LogP contribution in [-0.4, -0.2) is 54.0 Å². The number of nitrogens with zero attached hydrogens (tertiary/aromatic N) is 2. The summed E-state index contributed by atoms with van der Waals surface area (Å²) in [5.74, 6) is 2.76. The van der Waals surface area contributed by atoms with Gasteiger partial charge in [-0.1, -0.05) is 43.4 Å². The molecule has 1 aliphatic heterocycles. The van der Waals surface area contributed by atoms with Crippen molar-refractivity contribution in [3.05, 3.63) is 0 Å². The summed E-state index contributed by atoms with van der Waals surface area (Å²) < 4.78 is 1.36. The lowest BCUT2D eigenvalue weighted by molar-refractivity contribution is 0.0446. The van der Waals surface area contributed by atoms with E-state index in [1.165, 1.54) is 62.8 Å². The first-order chi connectivity index (χ1) is 9.93. The molecule has 2 nitrogen and oxygen atoms in total. The minimum Gasteiger partial charge on any atom is -0.304 e. The van der Waals surface area contributed by atoms with Crippen LogP contribution in [-0.2, 0) is 0 Å². The predicted octanol–water partition coefficient (Wildman–Crippen LogP) is 4.14. The van der Waals surface area contributed by atoms with Crippen LogP contribution in [0.1, 0.15) is 46.5 Å². The first-order valence-electron chi connectivity index (χ1n) is 8.90. The first kappa shape index (κ1) is 18.0. The van der Waals surface area contributed by atoms with Crippen LogP contribution < -0.4 is 0 Å². The largest absolute Gasteiger partial charge is 0.304 e. The smallest absolute Gasteiger partial charge is 0.0110 e. The van der Waals surface area contributed by atoms with Gasteiger partial charge in [0.2, 0.25) is 0 Å². The van der Waals surface area contributed by atoms with E-state index in [0.717, 1.165) is 17.8 Å². The second-order valence-electron chi connectivity index (χ2n) is 8.20. The molecule has 1 atom stereocenters. The van der Waals surface area contributed by atoms with Gasteiger partial charge in [0, 0.05) is 37.2 Å². The lowest BCUT2D eigenvalue weighted by atomic mass is 9.63. The Morgan fingerprint density at radius 2 is 1.62 bits per heavy atom. The third-order valence-electron chi connectivity index (χ3n) is 6.52. The third kappa shape index (κ3) is 4.81. The van der Waals surface area contributed by atoms with E-state index in [1.54, 1.807) is 0 Å². The van der Waals surface area contributed by atoms with Crippen molar-refractivity contribution >= 4 is 22.6 Å². The number of piperazine rings is 1. The Kier molecular flexibility index (Phi) is 6.82. The maximum absolute atomic E-state index is 2.70. The maximum atomic E-state index is 2.70. The maximum Gasteiger partial charge on any atom is 0.0110 e. The molecule has 2 aliphatic rings. The number of hydrogen-bond acceptors (Lipinski definition) is 2. The second kappa shape index (κ2) is 7.96. The molecule has 3 heteroatoms. The van der Waals surface area contributed by atoms with E-state index in [0.29, 0.717) is 5.41 Å². The molecule has 0 amide bonds. The molecule has 2 rings (SSSR count). The van der Waals surface area contributed by atoms with Gasteiger partial charge in [0.15, 0.2) is 0 Å². The summed E-state index contributed by atoms with van der Waals surface area (Å²) in [5, 5.41) is 0. The fraction of sp³-hybridized carbons (Fsp3) is 1.00.